The summed E-state index contributed by atoms with van der Waals surface area (Å²) in [6.07, 6.45) is 1.42. The molecule has 0 radical (unpaired) electrons. The molecular formula is C10H14Cl3NO. The molecule has 0 aliphatic heterocycles. The van der Waals surface area contributed by atoms with Crippen LogP contribution in [0.3, 0.4) is 0 Å². The van der Waals surface area contributed by atoms with Gasteiger partial charge in [-0.15, -0.1) is 12.4 Å². The molecule has 5 heteroatoms. The van der Waals surface area contributed by atoms with Gasteiger partial charge in [0, 0.05) is 22.7 Å². The standard InChI is InChI=1S/C10H13Cl2NO.ClH/c11-8-4-7(5-9(12)6-8)10(13)2-1-3-14;/h4-6,10,14H,1-3,13H2;1H/t10-;/m0./s1. The zero-order valence-corrected chi connectivity index (χ0v) is 10.4. The topological polar surface area (TPSA) is 46.2 Å². The van der Waals surface area contributed by atoms with Crippen LogP contribution in [0.25, 0.3) is 0 Å². The SMILES string of the molecule is Cl.N[C@@H](CCCO)c1cc(Cl)cc(Cl)c1. The van der Waals surface area contributed by atoms with E-state index in [1.807, 2.05) is 0 Å². The number of nitrogens with two attached hydrogens (primary N) is 1. The van der Waals surface area contributed by atoms with Gasteiger partial charge in [-0.25, -0.2) is 0 Å². The number of benzene rings is 1. The van der Waals surface area contributed by atoms with Crippen molar-refractivity contribution >= 4 is 35.6 Å². The number of halogens is 3. The quantitative estimate of drug-likeness (QED) is 0.883. The van der Waals surface area contributed by atoms with Gasteiger partial charge in [0.2, 0.25) is 0 Å². The maximum absolute atomic E-state index is 8.66. The van der Waals surface area contributed by atoms with E-state index >= 15 is 0 Å². The Hall–Kier alpha value is 0.01000. The molecule has 0 bridgehead atoms. The normalized spacial score (nSPS) is 12.0. The van der Waals surface area contributed by atoms with Crippen LogP contribution < -0.4 is 5.73 Å². The van der Waals surface area contributed by atoms with E-state index in [1.54, 1.807) is 18.2 Å². The maximum Gasteiger partial charge on any atom is 0.0431 e. The van der Waals surface area contributed by atoms with Crippen molar-refractivity contribution in [3.63, 3.8) is 0 Å². The lowest BCUT2D eigenvalue weighted by Gasteiger charge is -2.11. The van der Waals surface area contributed by atoms with Gasteiger partial charge in [0.05, 0.1) is 0 Å². The van der Waals surface area contributed by atoms with Gasteiger partial charge in [-0.1, -0.05) is 23.2 Å². The zero-order valence-electron chi connectivity index (χ0n) is 8.12. The van der Waals surface area contributed by atoms with Gasteiger partial charge in [0.1, 0.15) is 0 Å². The monoisotopic (exact) mass is 269 g/mol. The van der Waals surface area contributed by atoms with Crippen LogP contribution in [0, 0.1) is 0 Å². The van der Waals surface area contributed by atoms with Crippen LogP contribution in [-0.2, 0) is 0 Å². The molecule has 0 aliphatic rings. The minimum absolute atomic E-state index is 0. The largest absolute Gasteiger partial charge is 0.396 e. The average Bonchev–Trinajstić information content (AvgIpc) is 2.12. The maximum atomic E-state index is 8.66. The summed E-state index contributed by atoms with van der Waals surface area (Å²) in [5.74, 6) is 0. The van der Waals surface area contributed by atoms with Gasteiger partial charge in [-0.2, -0.15) is 0 Å². The minimum Gasteiger partial charge on any atom is -0.396 e. The molecule has 0 unspecified atom stereocenters. The molecule has 86 valence electrons. The van der Waals surface area contributed by atoms with Gasteiger partial charge >= 0.3 is 0 Å². The molecule has 1 rings (SSSR count). The zero-order chi connectivity index (χ0) is 10.6. The second kappa shape index (κ2) is 7.31. The Morgan fingerprint density at radius 2 is 1.73 bits per heavy atom. The van der Waals surface area contributed by atoms with E-state index in [1.165, 1.54) is 0 Å². The Morgan fingerprint density at radius 1 is 1.20 bits per heavy atom. The Labute approximate surface area is 106 Å². The first kappa shape index (κ1) is 15.0. The van der Waals surface area contributed by atoms with Crippen molar-refractivity contribution in [1.29, 1.82) is 0 Å². The van der Waals surface area contributed by atoms with Crippen LogP contribution >= 0.6 is 35.6 Å². The summed E-state index contributed by atoms with van der Waals surface area (Å²) in [7, 11) is 0. The van der Waals surface area contributed by atoms with E-state index in [0.717, 1.165) is 12.0 Å². The Bertz CT molecular complexity index is 286. The van der Waals surface area contributed by atoms with Crippen molar-refractivity contribution in [3.05, 3.63) is 33.8 Å². The van der Waals surface area contributed by atoms with E-state index in [0.29, 0.717) is 16.5 Å². The number of rotatable bonds is 4. The summed E-state index contributed by atoms with van der Waals surface area (Å²) >= 11 is 11.7. The highest BCUT2D eigenvalue weighted by atomic mass is 35.5. The summed E-state index contributed by atoms with van der Waals surface area (Å²) in [6.45, 7) is 0.155. The van der Waals surface area contributed by atoms with Crippen molar-refractivity contribution in [2.45, 2.75) is 18.9 Å². The van der Waals surface area contributed by atoms with E-state index in [4.69, 9.17) is 34.0 Å². The first-order valence-electron chi connectivity index (χ1n) is 4.46. The second-order valence-electron chi connectivity index (χ2n) is 3.18. The van der Waals surface area contributed by atoms with Crippen molar-refractivity contribution < 1.29 is 5.11 Å². The van der Waals surface area contributed by atoms with E-state index in [-0.39, 0.29) is 25.1 Å². The highest BCUT2D eigenvalue weighted by Crippen LogP contribution is 2.24. The molecule has 0 saturated heterocycles. The second-order valence-corrected chi connectivity index (χ2v) is 4.05. The molecule has 0 amide bonds. The average molecular weight is 271 g/mol. The molecule has 0 spiro atoms. The van der Waals surface area contributed by atoms with Crippen LogP contribution in [0.1, 0.15) is 24.4 Å². The summed E-state index contributed by atoms with van der Waals surface area (Å²) in [5.41, 5.74) is 6.80. The van der Waals surface area contributed by atoms with E-state index in [9.17, 15) is 0 Å². The van der Waals surface area contributed by atoms with Gasteiger partial charge in [-0.05, 0) is 36.6 Å². The molecule has 0 aromatic heterocycles. The Kier molecular flexibility index (Phi) is 7.32. The minimum atomic E-state index is -0.113. The molecular weight excluding hydrogens is 256 g/mol. The molecule has 1 aromatic rings. The highest BCUT2D eigenvalue weighted by Gasteiger charge is 2.07. The first-order chi connectivity index (χ1) is 6.63. The molecule has 0 saturated carbocycles. The number of aliphatic hydroxyl groups excluding tert-OH is 1. The molecule has 0 aliphatic carbocycles. The molecule has 15 heavy (non-hydrogen) atoms. The fourth-order valence-electron chi connectivity index (χ4n) is 1.27. The Morgan fingerprint density at radius 3 is 2.20 bits per heavy atom. The number of hydrogen-bond donors (Lipinski definition) is 2. The summed E-state index contributed by atoms with van der Waals surface area (Å²) in [4.78, 5) is 0. The summed E-state index contributed by atoms with van der Waals surface area (Å²) < 4.78 is 0. The number of aliphatic hydroxyl groups is 1. The van der Waals surface area contributed by atoms with Crippen LogP contribution in [0.15, 0.2) is 18.2 Å². The lowest BCUT2D eigenvalue weighted by molar-refractivity contribution is 0.280. The van der Waals surface area contributed by atoms with Crippen molar-refractivity contribution in [2.75, 3.05) is 6.61 Å². The first-order valence-corrected chi connectivity index (χ1v) is 5.21. The summed E-state index contributed by atoms with van der Waals surface area (Å²) in [5, 5.41) is 9.84. The third kappa shape index (κ3) is 5.05. The molecule has 1 aromatic carbocycles. The van der Waals surface area contributed by atoms with Crippen LogP contribution in [0.2, 0.25) is 10.0 Å². The summed E-state index contributed by atoms with van der Waals surface area (Å²) in [6, 6.07) is 5.16. The molecule has 0 fully saturated rings. The molecule has 3 N–H and O–H groups in total. The highest BCUT2D eigenvalue weighted by molar-refractivity contribution is 6.34. The third-order valence-corrected chi connectivity index (χ3v) is 2.42. The van der Waals surface area contributed by atoms with Gasteiger partial charge < -0.3 is 10.8 Å². The fraction of sp³-hybridized carbons (Fsp3) is 0.400. The van der Waals surface area contributed by atoms with Crippen molar-refractivity contribution in [1.82, 2.24) is 0 Å². The van der Waals surface area contributed by atoms with Crippen LogP contribution in [-0.4, -0.2) is 11.7 Å². The molecule has 0 heterocycles. The predicted octanol–water partition coefficient (Wildman–Crippen LogP) is 3.19. The lowest BCUT2D eigenvalue weighted by atomic mass is 10.0. The number of hydrogen-bond acceptors (Lipinski definition) is 2. The molecule has 2 nitrogen and oxygen atoms in total. The fourth-order valence-corrected chi connectivity index (χ4v) is 1.81. The van der Waals surface area contributed by atoms with Crippen molar-refractivity contribution in [2.24, 2.45) is 5.73 Å². The Balaban J connectivity index is 0.00000196. The van der Waals surface area contributed by atoms with E-state index in [2.05, 4.69) is 0 Å². The lowest BCUT2D eigenvalue weighted by Crippen LogP contribution is -2.10. The molecule has 1 atom stereocenters. The van der Waals surface area contributed by atoms with Gasteiger partial charge in [0.15, 0.2) is 0 Å². The van der Waals surface area contributed by atoms with Crippen LogP contribution in [0.5, 0.6) is 0 Å². The third-order valence-electron chi connectivity index (χ3n) is 1.99. The van der Waals surface area contributed by atoms with Gasteiger partial charge in [0.25, 0.3) is 0 Å². The van der Waals surface area contributed by atoms with Crippen LogP contribution in [0.4, 0.5) is 0 Å². The van der Waals surface area contributed by atoms with Crippen molar-refractivity contribution in [3.8, 4) is 0 Å². The van der Waals surface area contributed by atoms with E-state index < -0.39 is 0 Å². The van der Waals surface area contributed by atoms with Gasteiger partial charge in [-0.3, -0.25) is 0 Å². The smallest absolute Gasteiger partial charge is 0.0431 e. The predicted molar refractivity (Wildman–Crippen MR) is 67.0 cm³/mol.